The standard InChI is InChI=1S/C14H23N3O3S/c1-14(2,3)21(19,20)9-8-17(4)12-7-5-6-11(10-12)13(15)16-18/h5-7,10,18H,8-9H2,1-4H3,(H2,15,16). The van der Waals surface area contributed by atoms with Crippen LogP contribution >= 0.6 is 0 Å². The zero-order chi connectivity index (χ0) is 16.3. The van der Waals surface area contributed by atoms with Gasteiger partial charge in [0, 0.05) is 24.8 Å². The van der Waals surface area contributed by atoms with Crippen LogP contribution in [0.15, 0.2) is 29.4 Å². The van der Waals surface area contributed by atoms with Crippen molar-refractivity contribution >= 4 is 21.4 Å². The maximum absolute atomic E-state index is 12.1. The lowest BCUT2D eigenvalue weighted by Gasteiger charge is -2.24. The number of rotatable bonds is 5. The maximum Gasteiger partial charge on any atom is 0.170 e. The lowest BCUT2D eigenvalue weighted by molar-refractivity contribution is 0.318. The summed E-state index contributed by atoms with van der Waals surface area (Å²) in [5.74, 6) is 0.0911. The molecule has 0 spiro atoms. The second-order valence-electron chi connectivity index (χ2n) is 5.89. The van der Waals surface area contributed by atoms with Crippen LogP contribution in [0.3, 0.4) is 0 Å². The number of benzene rings is 1. The van der Waals surface area contributed by atoms with Crippen molar-refractivity contribution in [1.29, 1.82) is 0 Å². The molecule has 0 saturated carbocycles. The first kappa shape index (κ1) is 17.3. The molecule has 118 valence electrons. The Morgan fingerprint density at radius 1 is 1.38 bits per heavy atom. The van der Waals surface area contributed by atoms with E-state index in [9.17, 15) is 8.42 Å². The number of oxime groups is 1. The van der Waals surface area contributed by atoms with Crippen molar-refractivity contribution in [3.05, 3.63) is 29.8 Å². The molecule has 0 amide bonds. The second-order valence-corrected chi connectivity index (χ2v) is 8.75. The van der Waals surface area contributed by atoms with E-state index in [1.807, 2.05) is 18.0 Å². The summed E-state index contributed by atoms with van der Waals surface area (Å²) in [6, 6.07) is 7.09. The normalized spacial score (nSPS) is 13.2. The van der Waals surface area contributed by atoms with Crippen molar-refractivity contribution in [2.45, 2.75) is 25.5 Å². The van der Waals surface area contributed by atoms with E-state index in [0.29, 0.717) is 12.1 Å². The van der Waals surface area contributed by atoms with Crippen LogP contribution in [0.5, 0.6) is 0 Å². The SMILES string of the molecule is CN(CCS(=O)(=O)C(C)(C)C)c1cccc(/C(N)=N/O)c1. The molecule has 1 aromatic rings. The topological polar surface area (TPSA) is 96.0 Å². The van der Waals surface area contributed by atoms with E-state index in [4.69, 9.17) is 10.9 Å². The molecular formula is C14H23N3O3S. The van der Waals surface area contributed by atoms with E-state index in [0.717, 1.165) is 5.69 Å². The van der Waals surface area contributed by atoms with E-state index < -0.39 is 14.6 Å². The van der Waals surface area contributed by atoms with Gasteiger partial charge in [-0.3, -0.25) is 0 Å². The van der Waals surface area contributed by atoms with Crippen LogP contribution < -0.4 is 10.6 Å². The lowest BCUT2D eigenvalue weighted by atomic mass is 10.2. The molecule has 7 heteroatoms. The first-order chi connectivity index (χ1) is 9.58. The molecule has 0 saturated heterocycles. The van der Waals surface area contributed by atoms with Gasteiger partial charge in [0.25, 0.3) is 0 Å². The Kier molecular flexibility index (Phi) is 5.22. The fraction of sp³-hybridized carbons (Fsp3) is 0.500. The molecule has 1 rings (SSSR count). The molecule has 21 heavy (non-hydrogen) atoms. The first-order valence-electron chi connectivity index (χ1n) is 6.60. The summed E-state index contributed by atoms with van der Waals surface area (Å²) >= 11 is 0. The Morgan fingerprint density at radius 3 is 2.52 bits per heavy atom. The van der Waals surface area contributed by atoms with Gasteiger partial charge >= 0.3 is 0 Å². The molecule has 0 aliphatic rings. The zero-order valence-electron chi connectivity index (χ0n) is 12.9. The van der Waals surface area contributed by atoms with Crippen molar-refractivity contribution < 1.29 is 13.6 Å². The van der Waals surface area contributed by atoms with E-state index in [-0.39, 0.29) is 11.6 Å². The summed E-state index contributed by atoms with van der Waals surface area (Å²) in [5.41, 5.74) is 6.94. The molecule has 0 aliphatic carbocycles. The molecule has 1 aromatic carbocycles. The fourth-order valence-electron chi connectivity index (χ4n) is 1.65. The molecule has 0 bridgehead atoms. The number of nitrogens with zero attached hydrogens (tertiary/aromatic N) is 2. The number of hydrogen-bond acceptors (Lipinski definition) is 5. The molecule has 0 fully saturated rings. The molecule has 0 radical (unpaired) electrons. The van der Waals surface area contributed by atoms with Crippen molar-refractivity contribution in [2.24, 2.45) is 10.9 Å². The van der Waals surface area contributed by atoms with Gasteiger partial charge in [-0.25, -0.2) is 8.42 Å². The number of hydrogen-bond donors (Lipinski definition) is 2. The Hall–Kier alpha value is -1.76. The quantitative estimate of drug-likeness (QED) is 0.371. The van der Waals surface area contributed by atoms with E-state index in [2.05, 4.69) is 5.16 Å². The largest absolute Gasteiger partial charge is 0.409 e. The summed E-state index contributed by atoms with van der Waals surface area (Å²) in [6.07, 6.45) is 0. The Bertz CT molecular complexity index is 619. The minimum absolute atomic E-state index is 0.0209. The number of sulfone groups is 1. The van der Waals surface area contributed by atoms with Gasteiger partial charge in [0.2, 0.25) is 0 Å². The van der Waals surface area contributed by atoms with Crippen molar-refractivity contribution in [2.75, 3.05) is 24.2 Å². The van der Waals surface area contributed by atoms with Crippen LogP contribution in [-0.2, 0) is 9.84 Å². The zero-order valence-corrected chi connectivity index (χ0v) is 13.7. The second kappa shape index (κ2) is 6.34. The molecule has 0 unspecified atom stereocenters. The Balaban J connectivity index is 2.84. The highest BCUT2D eigenvalue weighted by Crippen LogP contribution is 2.18. The summed E-state index contributed by atoms with van der Waals surface area (Å²) < 4.78 is 23.5. The smallest absolute Gasteiger partial charge is 0.170 e. The first-order valence-corrected chi connectivity index (χ1v) is 8.25. The van der Waals surface area contributed by atoms with Gasteiger partial charge in [0.05, 0.1) is 10.5 Å². The highest BCUT2D eigenvalue weighted by atomic mass is 32.2. The van der Waals surface area contributed by atoms with Crippen molar-refractivity contribution in [3.8, 4) is 0 Å². The van der Waals surface area contributed by atoms with Crippen LogP contribution in [0.1, 0.15) is 26.3 Å². The van der Waals surface area contributed by atoms with Crippen LogP contribution in [0.25, 0.3) is 0 Å². The van der Waals surface area contributed by atoms with Gasteiger partial charge in [0.1, 0.15) is 0 Å². The van der Waals surface area contributed by atoms with E-state index in [1.54, 1.807) is 39.0 Å². The van der Waals surface area contributed by atoms with Crippen LogP contribution in [0.2, 0.25) is 0 Å². The monoisotopic (exact) mass is 313 g/mol. The Labute approximate surface area is 126 Å². The third kappa shape index (κ3) is 4.35. The molecule has 0 atom stereocenters. The maximum atomic E-state index is 12.1. The fourth-order valence-corrected chi connectivity index (χ4v) is 2.78. The minimum Gasteiger partial charge on any atom is -0.409 e. The summed E-state index contributed by atoms with van der Waals surface area (Å²) in [6.45, 7) is 5.46. The molecule has 0 aromatic heterocycles. The van der Waals surface area contributed by atoms with E-state index >= 15 is 0 Å². The lowest BCUT2D eigenvalue weighted by Crippen LogP contribution is -2.35. The number of amidine groups is 1. The molecule has 0 aliphatic heterocycles. The number of anilines is 1. The van der Waals surface area contributed by atoms with Crippen molar-refractivity contribution in [3.63, 3.8) is 0 Å². The van der Waals surface area contributed by atoms with Gasteiger partial charge < -0.3 is 15.8 Å². The summed E-state index contributed by atoms with van der Waals surface area (Å²) in [5, 5.41) is 11.6. The van der Waals surface area contributed by atoms with Crippen molar-refractivity contribution in [1.82, 2.24) is 0 Å². The molecule has 6 nitrogen and oxygen atoms in total. The summed E-state index contributed by atoms with van der Waals surface area (Å²) in [4.78, 5) is 1.83. The highest BCUT2D eigenvalue weighted by Gasteiger charge is 2.28. The third-order valence-corrected chi connectivity index (χ3v) is 5.90. The van der Waals surface area contributed by atoms with E-state index in [1.165, 1.54) is 0 Å². The van der Waals surface area contributed by atoms with Gasteiger partial charge in [-0.05, 0) is 32.9 Å². The highest BCUT2D eigenvalue weighted by molar-refractivity contribution is 7.92. The van der Waals surface area contributed by atoms with Crippen LogP contribution in [0.4, 0.5) is 5.69 Å². The predicted molar refractivity (Wildman–Crippen MR) is 85.8 cm³/mol. The average Bonchev–Trinajstić information content (AvgIpc) is 2.42. The number of nitrogens with two attached hydrogens (primary N) is 1. The molecular weight excluding hydrogens is 290 g/mol. The van der Waals surface area contributed by atoms with Gasteiger partial charge in [-0.15, -0.1) is 0 Å². The predicted octanol–water partition coefficient (Wildman–Crippen LogP) is 1.43. The average molecular weight is 313 g/mol. The van der Waals surface area contributed by atoms with Crippen LogP contribution in [0, 0.1) is 0 Å². The third-order valence-electron chi connectivity index (χ3n) is 3.32. The Morgan fingerprint density at radius 2 is 2.00 bits per heavy atom. The van der Waals surface area contributed by atoms with Gasteiger partial charge in [-0.1, -0.05) is 17.3 Å². The molecule has 0 heterocycles. The van der Waals surface area contributed by atoms with Crippen LogP contribution in [-0.4, -0.2) is 43.6 Å². The molecule has 3 N–H and O–H groups in total. The minimum atomic E-state index is -3.16. The summed E-state index contributed by atoms with van der Waals surface area (Å²) in [7, 11) is -1.35. The van der Waals surface area contributed by atoms with Gasteiger partial charge in [0.15, 0.2) is 15.7 Å². The van der Waals surface area contributed by atoms with Gasteiger partial charge in [-0.2, -0.15) is 0 Å².